The van der Waals surface area contributed by atoms with Crippen molar-refractivity contribution in [2.45, 2.75) is 45.6 Å². The van der Waals surface area contributed by atoms with Gasteiger partial charge in [-0.3, -0.25) is 9.59 Å². The van der Waals surface area contributed by atoms with Gasteiger partial charge in [0.25, 0.3) is 11.9 Å². The summed E-state index contributed by atoms with van der Waals surface area (Å²) in [7, 11) is 0. The Bertz CT molecular complexity index is 1100. The summed E-state index contributed by atoms with van der Waals surface area (Å²) in [6.45, 7) is 7.45. The van der Waals surface area contributed by atoms with Gasteiger partial charge in [-0.2, -0.15) is 9.78 Å². The van der Waals surface area contributed by atoms with E-state index in [1.807, 2.05) is 29.2 Å². The number of anilines is 1. The Hall–Kier alpha value is -3.55. The molecule has 8 heteroatoms. The van der Waals surface area contributed by atoms with E-state index in [2.05, 4.69) is 41.2 Å². The third kappa shape index (κ3) is 4.63. The second-order valence-electron chi connectivity index (χ2n) is 8.70. The van der Waals surface area contributed by atoms with Crippen molar-refractivity contribution in [3.63, 3.8) is 0 Å². The van der Waals surface area contributed by atoms with E-state index in [0.717, 1.165) is 24.2 Å². The molecule has 31 heavy (non-hydrogen) atoms. The van der Waals surface area contributed by atoms with Crippen molar-refractivity contribution in [1.82, 2.24) is 24.6 Å². The zero-order valence-electron chi connectivity index (χ0n) is 18.0. The molecule has 1 aliphatic heterocycles. The summed E-state index contributed by atoms with van der Waals surface area (Å²) in [6.07, 6.45) is 4.76. The van der Waals surface area contributed by atoms with Crippen LogP contribution in [0.2, 0.25) is 0 Å². The molecule has 160 valence electrons. The summed E-state index contributed by atoms with van der Waals surface area (Å²) in [5.41, 5.74) is 2.06. The Balaban J connectivity index is 1.59. The van der Waals surface area contributed by atoms with E-state index in [1.165, 1.54) is 0 Å². The minimum atomic E-state index is -0.257. The van der Waals surface area contributed by atoms with Gasteiger partial charge in [0.2, 0.25) is 5.91 Å². The van der Waals surface area contributed by atoms with E-state index in [-0.39, 0.29) is 17.2 Å². The van der Waals surface area contributed by atoms with Gasteiger partial charge in [-0.15, -0.1) is 0 Å². The van der Waals surface area contributed by atoms with E-state index in [0.29, 0.717) is 30.3 Å². The Morgan fingerprint density at radius 3 is 2.58 bits per heavy atom. The van der Waals surface area contributed by atoms with Crippen LogP contribution in [0, 0.1) is 0 Å². The van der Waals surface area contributed by atoms with Crippen LogP contribution in [0.3, 0.4) is 0 Å². The van der Waals surface area contributed by atoms with Gasteiger partial charge in [0.1, 0.15) is 5.82 Å². The van der Waals surface area contributed by atoms with E-state index >= 15 is 0 Å². The average molecular weight is 419 g/mol. The third-order valence-corrected chi connectivity index (χ3v) is 5.19. The van der Waals surface area contributed by atoms with Crippen LogP contribution in [-0.4, -0.2) is 43.0 Å². The van der Waals surface area contributed by atoms with Crippen molar-refractivity contribution in [2.75, 3.05) is 11.9 Å². The second-order valence-corrected chi connectivity index (χ2v) is 8.70. The zero-order chi connectivity index (χ0) is 22.0. The fraction of sp³-hybridized carbons (Fsp3) is 0.348. The molecule has 0 spiro atoms. The minimum absolute atomic E-state index is 0.163. The summed E-state index contributed by atoms with van der Waals surface area (Å²) < 4.78 is 1.55. The first kappa shape index (κ1) is 20.7. The van der Waals surface area contributed by atoms with Crippen LogP contribution in [-0.2, 0) is 16.8 Å². The van der Waals surface area contributed by atoms with E-state index in [9.17, 15) is 9.59 Å². The van der Waals surface area contributed by atoms with Gasteiger partial charge in [0.15, 0.2) is 0 Å². The Morgan fingerprint density at radius 2 is 1.90 bits per heavy atom. The second kappa shape index (κ2) is 8.29. The van der Waals surface area contributed by atoms with Crippen molar-refractivity contribution >= 4 is 17.6 Å². The van der Waals surface area contributed by atoms with Gasteiger partial charge in [-0.25, -0.2) is 9.97 Å². The molecule has 4 rings (SSSR count). The highest BCUT2D eigenvalue weighted by Crippen LogP contribution is 2.26. The molecule has 0 bridgehead atoms. The monoisotopic (exact) mass is 418 g/mol. The molecular formula is C23H26N6O2. The first-order valence-electron chi connectivity index (χ1n) is 10.4. The molecule has 0 aliphatic carbocycles. The van der Waals surface area contributed by atoms with Gasteiger partial charge >= 0.3 is 0 Å². The van der Waals surface area contributed by atoms with Crippen LogP contribution in [0.15, 0.2) is 48.8 Å². The van der Waals surface area contributed by atoms with E-state index in [1.54, 1.807) is 29.2 Å². The standard InChI is InChI=1S/C23H26N6O2/c1-23(2,3)18-14-19(29(27-18)22-24-10-6-11-25-22)26-21(31)17-8-4-7-16(13-17)15-28-12-5-9-20(28)30/h4,6-8,10-11,13-14H,5,9,12,15H2,1-3H3,(H,26,31). The fourth-order valence-electron chi connectivity index (χ4n) is 3.48. The van der Waals surface area contributed by atoms with Gasteiger partial charge in [-0.05, 0) is 30.2 Å². The molecule has 1 aromatic carbocycles. The van der Waals surface area contributed by atoms with Gasteiger partial charge in [0, 0.05) is 48.9 Å². The van der Waals surface area contributed by atoms with Crippen molar-refractivity contribution in [2.24, 2.45) is 0 Å². The van der Waals surface area contributed by atoms with Crippen LogP contribution < -0.4 is 5.32 Å². The highest BCUT2D eigenvalue weighted by molar-refractivity contribution is 6.04. The molecule has 3 aromatic rings. The largest absolute Gasteiger partial charge is 0.338 e. The molecule has 3 heterocycles. The van der Waals surface area contributed by atoms with Crippen LogP contribution in [0.4, 0.5) is 5.82 Å². The number of nitrogens with one attached hydrogen (secondary N) is 1. The average Bonchev–Trinajstić information content (AvgIpc) is 3.35. The van der Waals surface area contributed by atoms with Gasteiger partial charge in [-0.1, -0.05) is 32.9 Å². The maximum absolute atomic E-state index is 13.0. The lowest BCUT2D eigenvalue weighted by Gasteiger charge is -2.16. The van der Waals surface area contributed by atoms with Gasteiger partial charge < -0.3 is 10.2 Å². The molecule has 1 fully saturated rings. The lowest BCUT2D eigenvalue weighted by molar-refractivity contribution is -0.128. The molecule has 1 saturated heterocycles. The molecule has 8 nitrogen and oxygen atoms in total. The molecule has 0 radical (unpaired) electrons. The Labute approximate surface area is 181 Å². The third-order valence-electron chi connectivity index (χ3n) is 5.19. The van der Waals surface area contributed by atoms with Crippen molar-refractivity contribution in [3.8, 4) is 5.95 Å². The smallest absolute Gasteiger partial charge is 0.256 e. The van der Waals surface area contributed by atoms with Crippen molar-refractivity contribution in [3.05, 3.63) is 65.6 Å². The number of nitrogens with zero attached hydrogens (tertiary/aromatic N) is 5. The maximum atomic E-state index is 13.0. The molecule has 0 unspecified atom stereocenters. The number of rotatable bonds is 5. The number of aromatic nitrogens is 4. The number of carbonyl (C=O) groups is 2. The van der Waals surface area contributed by atoms with Crippen LogP contribution in [0.1, 0.15) is 55.2 Å². The summed E-state index contributed by atoms with van der Waals surface area (Å²) in [5.74, 6) is 0.791. The molecular weight excluding hydrogens is 392 g/mol. The molecule has 2 amide bonds. The first-order valence-corrected chi connectivity index (χ1v) is 10.4. The number of likely N-dealkylation sites (tertiary alicyclic amines) is 1. The fourth-order valence-corrected chi connectivity index (χ4v) is 3.48. The minimum Gasteiger partial charge on any atom is -0.338 e. The first-order chi connectivity index (χ1) is 14.8. The molecule has 2 aromatic heterocycles. The lowest BCUT2D eigenvalue weighted by atomic mass is 9.92. The number of benzene rings is 1. The number of hydrogen-bond acceptors (Lipinski definition) is 5. The number of carbonyl (C=O) groups excluding carboxylic acids is 2. The SMILES string of the molecule is CC(C)(C)c1cc(NC(=O)c2cccc(CN3CCCC3=O)c2)n(-c2ncccn2)n1. The molecule has 1 N–H and O–H groups in total. The maximum Gasteiger partial charge on any atom is 0.256 e. The van der Waals surface area contributed by atoms with E-state index in [4.69, 9.17) is 0 Å². The van der Waals surface area contributed by atoms with Crippen LogP contribution in [0.25, 0.3) is 5.95 Å². The Morgan fingerprint density at radius 1 is 1.13 bits per heavy atom. The number of hydrogen-bond donors (Lipinski definition) is 1. The summed E-state index contributed by atoms with van der Waals surface area (Å²) in [5, 5.41) is 7.57. The van der Waals surface area contributed by atoms with Gasteiger partial charge in [0.05, 0.1) is 5.69 Å². The highest BCUT2D eigenvalue weighted by atomic mass is 16.2. The normalized spacial score (nSPS) is 14.2. The summed E-state index contributed by atoms with van der Waals surface area (Å²) in [4.78, 5) is 35.3. The summed E-state index contributed by atoms with van der Waals surface area (Å²) in [6, 6.07) is 10.9. The van der Waals surface area contributed by atoms with Crippen LogP contribution >= 0.6 is 0 Å². The molecule has 1 aliphatic rings. The van der Waals surface area contributed by atoms with Crippen LogP contribution in [0.5, 0.6) is 0 Å². The highest BCUT2D eigenvalue weighted by Gasteiger charge is 2.23. The predicted molar refractivity (Wildman–Crippen MR) is 117 cm³/mol. The molecule has 0 atom stereocenters. The predicted octanol–water partition coefficient (Wildman–Crippen LogP) is 3.33. The topological polar surface area (TPSA) is 93.0 Å². The zero-order valence-corrected chi connectivity index (χ0v) is 18.0. The summed E-state index contributed by atoms with van der Waals surface area (Å²) >= 11 is 0. The quantitative estimate of drug-likeness (QED) is 0.686. The van der Waals surface area contributed by atoms with E-state index < -0.39 is 0 Å². The van der Waals surface area contributed by atoms with Crippen molar-refractivity contribution in [1.29, 1.82) is 0 Å². The van der Waals surface area contributed by atoms with Crippen molar-refractivity contribution < 1.29 is 9.59 Å². The Kier molecular flexibility index (Phi) is 5.54. The molecule has 0 saturated carbocycles. The lowest BCUT2D eigenvalue weighted by Crippen LogP contribution is -2.24. The number of amides is 2.